The number of thiophene rings is 1. The van der Waals surface area contributed by atoms with Crippen LogP contribution in [0.25, 0.3) is 0 Å². The maximum atomic E-state index is 6.12. The fourth-order valence-corrected chi connectivity index (χ4v) is 4.43. The lowest BCUT2D eigenvalue weighted by Gasteiger charge is -2.24. The zero-order chi connectivity index (χ0) is 21.3. The SMILES string of the molecule is CN=C(NCc1ccc(C)cc1OCC1CCCO1)NCC(c1cccs1)N(C)C.I. The van der Waals surface area contributed by atoms with Gasteiger partial charge in [0.05, 0.1) is 12.1 Å². The first kappa shape index (κ1) is 25.9. The molecule has 1 saturated heterocycles. The van der Waals surface area contributed by atoms with Crippen molar-refractivity contribution < 1.29 is 9.47 Å². The normalized spacial score (nSPS) is 17.3. The van der Waals surface area contributed by atoms with Gasteiger partial charge in [0.15, 0.2) is 5.96 Å². The highest BCUT2D eigenvalue weighted by Gasteiger charge is 2.18. The minimum atomic E-state index is 0. The molecule has 2 heterocycles. The van der Waals surface area contributed by atoms with Gasteiger partial charge < -0.3 is 25.0 Å². The Labute approximate surface area is 207 Å². The maximum Gasteiger partial charge on any atom is 0.191 e. The number of hydrogen-bond donors (Lipinski definition) is 2. The van der Waals surface area contributed by atoms with Crippen LogP contribution in [-0.2, 0) is 11.3 Å². The Kier molecular flexibility index (Phi) is 11.1. The van der Waals surface area contributed by atoms with Gasteiger partial charge in [-0.3, -0.25) is 4.99 Å². The molecule has 1 fully saturated rings. The lowest BCUT2D eigenvalue weighted by Crippen LogP contribution is -2.41. The zero-order valence-corrected chi connectivity index (χ0v) is 22.0. The Bertz CT molecular complexity index is 808. The van der Waals surface area contributed by atoms with Crippen molar-refractivity contribution in [1.29, 1.82) is 0 Å². The number of halogens is 1. The molecule has 8 heteroatoms. The van der Waals surface area contributed by atoms with Crippen molar-refractivity contribution in [3.63, 3.8) is 0 Å². The molecule has 2 atom stereocenters. The van der Waals surface area contributed by atoms with Gasteiger partial charge in [0.2, 0.25) is 0 Å². The summed E-state index contributed by atoms with van der Waals surface area (Å²) >= 11 is 1.78. The Balaban J connectivity index is 0.00000341. The molecule has 2 aromatic rings. The quantitative estimate of drug-likeness (QED) is 0.275. The number of nitrogens with zero attached hydrogens (tertiary/aromatic N) is 2. The number of aryl methyl sites for hydroxylation is 1. The first-order chi connectivity index (χ1) is 14.6. The van der Waals surface area contributed by atoms with Crippen LogP contribution in [0.4, 0.5) is 0 Å². The summed E-state index contributed by atoms with van der Waals surface area (Å²) in [5.74, 6) is 1.70. The number of benzene rings is 1. The number of hydrogen-bond acceptors (Lipinski definition) is 5. The summed E-state index contributed by atoms with van der Waals surface area (Å²) in [6.07, 6.45) is 2.41. The number of rotatable bonds is 9. The fraction of sp³-hybridized carbons (Fsp3) is 0.522. The number of guanidine groups is 1. The number of aliphatic imine (C=N–C) groups is 1. The molecule has 3 rings (SSSR count). The van der Waals surface area contributed by atoms with E-state index >= 15 is 0 Å². The fourth-order valence-electron chi connectivity index (χ4n) is 3.51. The highest BCUT2D eigenvalue weighted by molar-refractivity contribution is 14.0. The van der Waals surface area contributed by atoms with Crippen LogP contribution >= 0.6 is 35.3 Å². The van der Waals surface area contributed by atoms with E-state index in [0.29, 0.717) is 19.2 Å². The lowest BCUT2D eigenvalue weighted by molar-refractivity contribution is 0.0676. The van der Waals surface area contributed by atoms with Gasteiger partial charge in [-0.15, -0.1) is 35.3 Å². The molecule has 0 spiro atoms. The lowest BCUT2D eigenvalue weighted by atomic mass is 10.1. The summed E-state index contributed by atoms with van der Waals surface area (Å²) in [7, 11) is 6.01. The second-order valence-corrected chi connectivity index (χ2v) is 8.84. The van der Waals surface area contributed by atoms with Gasteiger partial charge in [0.1, 0.15) is 12.4 Å². The van der Waals surface area contributed by atoms with Gasteiger partial charge >= 0.3 is 0 Å². The Morgan fingerprint density at radius 3 is 2.81 bits per heavy atom. The highest BCUT2D eigenvalue weighted by Crippen LogP contribution is 2.23. The Morgan fingerprint density at radius 2 is 2.16 bits per heavy atom. The van der Waals surface area contributed by atoms with Crippen LogP contribution in [0.5, 0.6) is 5.75 Å². The number of nitrogens with one attached hydrogen (secondary N) is 2. The van der Waals surface area contributed by atoms with E-state index < -0.39 is 0 Å². The van der Waals surface area contributed by atoms with Gasteiger partial charge in [-0.05, 0) is 56.9 Å². The molecular weight excluding hydrogens is 523 g/mol. The van der Waals surface area contributed by atoms with E-state index in [4.69, 9.17) is 9.47 Å². The largest absolute Gasteiger partial charge is 0.491 e. The molecule has 0 bridgehead atoms. The van der Waals surface area contributed by atoms with Crippen molar-refractivity contribution in [2.75, 3.05) is 40.9 Å². The van der Waals surface area contributed by atoms with Crippen molar-refractivity contribution in [3.8, 4) is 5.75 Å². The van der Waals surface area contributed by atoms with Crippen LogP contribution in [0.15, 0.2) is 40.7 Å². The second-order valence-electron chi connectivity index (χ2n) is 7.86. The van der Waals surface area contributed by atoms with Gasteiger partial charge in [-0.2, -0.15) is 0 Å². The molecule has 31 heavy (non-hydrogen) atoms. The monoisotopic (exact) mass is 558 g/mol. The molecule has 1 aromatic heterocycles. The summed E-state index contributed by atoms with van der Waals surface area (Å²) in [6.45, 7) is 4.96. The molecule has 2 N–H and O–H groups in total. The molecule has 1 aliphatic rings. The van der Waals surface area contributed by atoms with Crippen LogP contribution in [-0.4, -0.2) is 57.9 Å². The van der Waals surface area contributed by atoms with Crippen molar-refractivity contribution >= 4 is 41.3 Å². The molecule has 0 amide bonds. The summed E-state index contributed by atoms with van der Waals surface area (Å²) < 4.78 is 11.8. The molecule has 6 nitrogen and oxygen atoms in total. The molecular formula is C23H35IN4O2S. The molecule has 0 radical (unpaired) electrons. The average Bonchev–Trinajstić information content (AvgIpc) is 3.44. The summed E-state index contributed by atoms with van der Waals surface area (Å²) in [6, 6.07) is 10.9. The summed E-state index contributed by atoms with van der Waals surface area (Å²) in [5, 5.41) is 9.01. The van der Waals surface area contributed by atoms with E-state index in [1.165, 1.54) is 10.4 Å². The van der Waals surface area contributed by atoms with Crippen LogP contribution in [0.3, 0.4) is 0 Å². The topological polar surface area (TPSA) is 58.1 Å². The third-order valence-electron chi connectivity index (χ3n) is 5.30. The highest BCUT2D eigenvalue weighted by atomic mass is 127. The number of ether oxygens (including phenoxy) is 2. The van der Waals surface area contributed by atoms with Crippen molar-refractivity contribution in [2.45, 2.75) is 38.5 Å². The molecule has 2 unspecified atom stereocenters. The minimum Gasteiger partial charge on any atom is -0.491 e. The van der Waals surface area contributed by atoms with Gasteiger partial charge in [0.25, 0.3) is 0 Å². The smallest absolute Gasteiger partial charge is 0.191 e. The van der Waals surface area contributed by atoms with E-state index in [0.717, 1.165) is 43.3 Å². The van der Waals surface area contributed by atoms with Crippen molar-refractivity contribution in [1.82, 2.24) is 15.5 Å². The average molecular weight is 559 g/mol. The standard InChI is InChI=1S/C23H34N4O2S.HI/c1-17-9-10-18(21(13-17)29-16-19-7-5-11-28-19)14-25-23(24-2)26-15-20(27(3)4)22-8-6-12-30-22;/h6,8-10,12-13,19-20H,5,7,11,14-16H2,1-4H3,(H2,24,25,26);1H. The molecule has 0 saturated carbocycles. The second kappa shape index (κ2) is 13.2. The number of likely N-dealkylation sites (N-methyl/N-ethyl adjacent to an activating group) is 1. The molecule has 0 aliphatic carbocycles. The van der Waals surface area contributed by atoms with E-state index in [1.807, 2.05) is 0 Å². The van der Waals surface area contributed by atoms with Crippen molar-refractivity contribution in [2.24, 2.45) is 4.99 Å². The van der Waals surface area contributed by atoms with Gasteiger partial charge in [-0.25, -0.2) is 0 Å². The zero-order valence-electron chi connectivity index (χ0n) is 18.9. The Morgan fingerprint density at radius 1 is 1.32 bits per heavy atom. The van der Waals surface area contributed by atoms with E-state index in [9.17, 15) is 0 Å². The third kappa shape index (κ3) is 7.93. The first-order valence-corrected chi connectivity index (χ1v) is 11.4. The molecule has 1 aliphatic heterocycles. The third-order valence-corrected chi connectivity index (χ3v) is 6.27. The van der Waals surface area contributed by atoms with Crippen LogP contribution in [0.1, 0.15) is 34.9 Å². The molecule has 1 aromatic carbocycles. The predicted molar refractivity (Wildman–Crippen MR) is 140 cm³/mol. The predicted octanol–water partition coefficient (Wildman–Crippen LogP) is 4.20. The van der Waals surface area contributed by atoms with E-state index in [2.05, 4.69) is 77.3 Å². The minimum absolute atomic E-state index is 0. The summed E-state index contributed by atoms with van der Waals surface area (Å²) in [4.78, 5) is 7.95. The summed E-state index contributed by atoms with van der Waals surface area (Å²) in [5.41, 5.74) is 2.30. The Hall–Kier alpha value is -1.36. The maximum absolute atomic E-state index is 6.12. The van der Waals surface area contributed by atoms with Gasteiger partial charge in [-0.1, -0.05) is 18.2 Å². The van der Waals surface area contributed by atoms with Gasteiger partial charge in [0, 0.05) is 37.2 Å². The van der Waals surface area contributed by atoms with E-state index in [1.54, 1.807) is 18.4 Å². The molecule has 172 valence electrons. The van der Waals surface area contributed by atoms with Crippen LogP contribution in [0.2, 0.25) is 0 Å². The van der Waals surface area contributed by atoms with Crippen molar-refractivity contribution in [3.05, 3.63) is 51.7 Å². The first-order valence-electron chi connectivity index (χ1n) is 10.5. The van der Waals surface area contributed by atoms with E-state index in [-0.39, 0.29) is 30.1 Å². The van der Waals surface area contributed by atoms with Crippen LogP contribution < -0.4 is 15.4 Å². The van der Waals surface area contributed by atoms with Crippen LogP contribution in [0, 0.1) is 6.92 Å².